The highest BCUT2D eigenvalue weighted by Gasteiger charge is 2.14. The first-order valence-corrected chi connectivity index (χ1v) is 8.89. The molecule has 0 aliphatic heterocycles. The average molecular weight is 401 g/mol. The summed E-state index contributed by atoms with van der Waals surface area (Å²) in [5.74, 6) is 0. The van der Waals surface area contributed by atoms with Crippen LogP contribution in [0.3, 0.4) is 0 Å². The second-order valence-electron chi connectivity index (χ2n) is 6.91. The molecule has 0 fully saturated rings. The van der Waals surface area contributed by atoms with Gasteiger partial charge in [0.15, 0.2) is 0 Å². The summed E-state index contributed by atoms with van der Waals surface area (Å²) in [4.78, 5) is 0. The molecule has 0 heterocycles. The molecule has 0 aromatic rings. The monoisotopic (exact) mass is 400 g/mol. The van der Waals surface area contributed by atoms with E-state index in [0.29, 0.717) is 0 Å². The van der Waals surface area contributed by atoms with E-state index in [2.05, 4.69) is 0 Å². The van der Waals surface area contributed by atoms with Gasteiger partial charge in [0.25, 0.3) is 0 Å². The van der Waals surface area contributed by atoms with E-state index in [1.165, 1.54) is 0 Å². The molecule has 0 bridgehead atoms. The van der Waals surface area contributed by atoms with Crippen LogP contribution in [0.1, 0.15) is 0 Å². The molecule has 2 atom stereocenters. The molecule has 0 rings (SSSR count). The summed E-state index contributed by atoms with van der Waals surface area (Å²) in [6.45, 7) is 1.74. The number of alkyl halides is 2. The molecule has 2 unspecified atom stereocenters. The van der Waals surface area contributed by atoms with Crippen molar-refractivity contribution in [1.82, 2.24) is 0 Å². The van der Waals surface area contributed by atoms with Gasteiger partial charge in [0, 0.05) is 10.4 Å². The number of hydrogen-bond donors (Lipinski definition) is 2. The molecule has 0 aliphatic rings. The minimum Gasteiger partial charge on any atom is -0.759 e. The molecule has 0 radical (unpaired) electrons. The molecular formula is C12H30Cl2N2O6S. The van der Waals surface area contributed by atoms with Crippen molar-refractivity contribution in [3.63, 3.8) is 0 Å². The lowest BCUT2D eigenvalue weighted by Gasteiger charge is -2.25. The van der Waals surface area contributed by atoms with Crippen LogP contribution in [0.25, 0.3) is 0 Å². The van der Waals surface area contributed by atoms with Crippen molar-refractivity contribution in [3.05, 3.63) is 0 Å². The molecule has 8 nitrogen and oxygen atoms in total. The molecule has 2 N–H and O–H groups in total. The zero-order chi connectivity index (χ0) is 19.5. The molecule has 0 saturated heterocycles. The summed E-state index contributed by atoms with van der Waals surface area (Å²) in [6, 6.07) is 0. The van der Waals surface area contributed by atoms with Crippen molar-refractivity contribution in [2.75, 3.05) is 68.6 Å². The van der Waals surface area contributed by atoms with E-state index in [9.17, 15) is 0 Å². The number of halogens is 2. The van der Waals surface area contributed by atoms with Crippen LogP contribution in [-0.4, -0.2) is 116 Å². The van der Waals surface area contributed by atoms with E-state index in [1.54, 1.807) is 0 Å². The van der Waals surface area contributed by atoms with Crippen LogP contribution in [0.5, 0.6) is 0 Å². The highest BCUT2D eigenvalue weighted by molar-refractivity contribution is 7.79. The summed E-state index contributed by atoms with van der Waals surface area (Å²) in [5, 5.41) is 16.9. The van der Waals surface area contributed by atoms with Gasteiger partial charge in [0.2, 0.25) is 0 Å². The fourth-order valence-corrected chi connectivity index (χ4v) is 2.13. The minimum atomic E-state index is -5.17. The van der Waals surface area contributed by atoms with E-state index in [0.717, 1.165) is 22.1 Å². The lowest BCUT2D eigenvalue weighted by atomic mass is 10.4. The molecule has 144 valence electrons. The molecule has 0 saturated carbocycles. The van der Waals surface area contributed by atoms with E-state index in [1.807, 2.05) is 42.3 Å². The molecule has 0 spiro atoms. The Hall–Kier alpha value is 0.290. The van der Waals surface area contributed by atoms with Crippen LogP contribution in [-0.2, 0) is 10.4 Å². The minimum absolute atomic E-state index is 0.0665. The van der Waals surface area contributed by atoms with Crippen molar-refractivity contribution in [2.45, 2.75) is 10.8 Å². The summed E-state index contributed by atoms with van der Waals surface area (Å²) < 4.78 is 35.7. The highest BCUT2D eigenvalue weighted by Crippen LogP contribution is 2.01. The maximum absolute atomic E-state index is 8.56. The third-order valence-corrected chi connectivity index (χ3v) is 2.44. The van der Waals surface area contributed by atoms with Gasteiger partial charge < -0.3 is 28.3 Å². The Morgan fingerprint density at radius 2 is 1.00 bits per heavy atom. The number of rotatable bonds is 6. The second kappa shape index (κ2) is 12.6. The first kappa shape index (κ1) is 28.1. The third kappa shape index (κ3) is 44.9. The standard InChI is InChI=1S/2C6H15ClNO.H2O4S/c2*1-8(2,3)4-6(7)5-9;1-5(2,3)4/h2*6,9H,4-5H2,1-3H3;(H2,1,2,3,4)/q2*+1;/p-2. The Balaban J connectivity index is -0.000000273. The van der Waals surface area contributed by atoms with Gasteiger partial charge >= 0.3 is 0 Å². The quantitative estimate of drug-likeness (QED) is 0.261. The Morgan fingerprint density at radius 1 is 0.826 bits per heavy atom. The molecule has 23 heavy (non-hydrogen) atoms. The topological polar surface area (TPSA) is 121 Å². The maximum atomic E-state index is 8.56. The number of aliphatic hydroxyl groups is 2. The van der Waals surface area contributed by atoms with Gasteiger partial charge in [-0.05, 0) is 0 Å². The summed E-state index contributed by atoms with van der Waals surface area (Å²) in [7, 11) is 7.11. The fourth-order valence-electron chi connectivity index (χ4n) is 1.30. The maximum Gasteiger partial charge on any atom is 0.106 e. The van der Waals surface area contributed by atoms with Crippen LogP contribution in [0.4, 0.5) is 0 Å². The average Bonchev–Trinajstić information content (AvgIpc) is 2.22. The van der Waals surface area contributed by atoms with Crippen molar-refractivity contribution in [2.24, 2.45) is 0 Å². The second-order valence-corrected chi connectivity index (χ2v) is 8.96. The Labute approximate surface area is 150 Å². The molecule has 0 aliphatic carbocycles. The predicted octanol–water partition coefficient (Wildman–Crippen LogP) is -0.753. The third-order valence-electron chi connectivity index (χ3n) is 1.89. The normalized spacial score (nSPS) is 14.8. The van der Waals surface area contributed by atoms with Crippen molar-refractivity contribution in [1.29, 1.82) is 0 Å². The van der Waals surface area contributed by atoms with E-state index in [-0.39, 0.29) is 24.0 Å². The summed E-state index contributed by atoms with van der Waals surface area (Å²) in [5.41, 5.74) is 0. The van der Waals surface area contributed by atoms with Gasteiger partial charge in [-0.25, -0.2) is 0 Å². The zero-order valence-corrected chi connectivity index (χ0v) is 16.9. The fraction of sp³-hybridized carbons (Fsp3) is 1.00. The molecule has 0 amide bonds. The molecule has 11 heteroatoms. The summed E-state index contributed by atoms with van der Waals surface area (Å²) >= 11 is 11.4. The Kier molecular flexibility index (Phi) is 15.4. The first-order chi connectivity index (χ1) is 9.91. The number of quaternary nitrogens is 2. The lowest BCUT2D eigenvalue weighted by molar-refractivity contribution is -0.870. The van der Waals surface area contributed by atoms with Gasteiger partial charge in [0.1, 0.15) is 10.8 Å². The van der Waals surface area contributed by atoms with Crippen LogP contribution < -0.4 is 0 Å². The van der Waals surface area contributed by atoms with Crippen molar-refractivity contribution >= 4 is 33.6 Å². The Bertz CT molecular complexity index is 352. The van der Waals surface area contributed by atoms with Crippen molar-refractivity contribution in [3.8, 4) is 0 Å². The van der Waals surface area contributed by atoms with Crippen LogP contribution in [0, 0.1) is 0 Å². The van der Waals surface area contributed by atoms with Crippen LogP contribution in [0.15, 0.2) is 0 Å². The van der Waals surface area contributed by atoms with Gasteiger partial charge in [-0.2, -0.15) is 0 Å². The molecule has 0 aromatic heterocycles. The highest BCUT2D eigenvalue weighted by atomic mass is 35.5. The number of hydrogen-bond acceptors (Lipinski definition) is 6. The Morgan fingerprint density at radius 3 is 1.04 bits per heavy atom. The smallest absolute Gasteiger partial charge is 0.106 e. The summed E-state index contributed by atoms with van der Waals surface area (Å²) in [6.07, 6.45) is 0. The van der Waals surface area contributed by atoms with Crippen molar-refractivity contribution < 1.29 is 36.7 Å². The first-order valence-electron chi connectivity index (χ1n) is 6.68. The van der Waals surface area contributed by atoms with Gasteiger partial charge in [-0.1, -0.05) is 0 Å². The molecule has 0 aromatic carbocycles. The van der Waals surface area contributed by atoms with Crippen LogP contribution in [0.2, 0.25) is 0 Å². The predicted molar refractivity (Wildman–Crippen MR) is 89.7 cm³/mol. The number of aliphatic hydroxyl groups excluding tert-OH is 2. The number of nitrogens with zero attached hydrogens (tertiary/aromatic N) is 2. The SMILES string of the molecule is C[N+](C)(C)CC(Cl)CO.C[N+](C)(C)CC(Cl)CO.O=S(=O)([O-])[O-]. The van der Waals surface area contributed by atoms with Gasteiger partial charge in [0.05, 0.1) is 68.6 Å². The van der Waals surface area contributed by atoms with E-state index in [4.69, 9.17) is 50.9 Å². The zero-order valence-electron chi connectivity index (χ0n) is 14.6. The largest absolute Gasteiger partial charge is 0.759 e. The van der Waals surface area contributed by atoms with E-state index < -0.39 is 10.4 Å². The van der Waals surface area contributed by atoms with Crippen LogP contribution >= 0.6 is 23.2 Å². The lowest BCUT2D eigenvalue weighted by Crippen LogP contribution is -2.40. The van der Waals surface area contributed by atoms with Gasteiger partial charge in [-0.3, -0.25) is 8.42 Å². The van der Waals surface area contributed by atoms with Gasteiger partial charge in [-0.15, -0.1) is 23.2 Å². The van der Waals surface area contributed by atoms with E-state index >= 15 is 0 Å². The molecular weight excluding hydrogens is 371 g/mol.